The van der Waals surface area contributed by atoms with Crippen molar-refractivity contribution in [3.05, 3.63) is 35.4 Å². The average Bonchev–Trinajstić information content (AvgIpc) is 3.02. The predicted octanol–water partition coefficient (Wildman–Crippen LogP) is 1.71. The molecule has 19 heavy (non-hydrogen) atoms. The Morgan fingerprint density at radius 1 is 1.37 bits per heavy atom. The second-order valence-electron chi connectivity index (χ2n) is 5.25. The van der Waals surface area contributed by atoms with Gasteiger partial charge in [0.05, 0.1) is 23.6 Å². The van der Waals surface area contributed by atoms with Crippen LogP contribution in [-0.2, 0) is 19.6 Å². The van der Waals surface area contributed by atoms with Crippen LogP contribution in [0, 0.1) is 6.92 Å². The fraction of sp³-hybridized carbons (Fsp3) is 0.571. The largest absolute Gasteiger partial charge is 0.308 e. The lowest BCUT2D eigenvalue weighted by molar-refractivity contribution is 0.567. The molecule has 2 heterocycles. The van der Waals surface area contributed by atoms with Crippen molar-refractivity contribution in [1.29, 1.82) is 0 Å². The first kappa shape index (κ1) is 12.4. The van der Waals surface area contributed by atoms with Gasteiger partial charge in [0.25, 0.3) is 0 Å². The van der Waals surface area contributed by atoms with Gasteiger partial charge in [0.15, 0.2) is 0 Å². The summed E-state index contributed by atoms with van der Waals surface area (Å²) in [6.07, 6.45) is 4.68. The van der Waals surface area contributed by atoms with Crippen molar-refractivity contribution in [3.63, 3.8) is 0 Å². The Bertz CT molecular complexity index is 550. The molecular weight excluding hydrogens is 238 g/mol. The topological polar surface area (TPSA) is 47.7 Å². The van der Waals surface area contributed by atoms with Crippen LogP contribution < -0.4 is 5.32 Å². The van der Waals surface area contributed by atoms with Gasteiger partial charge in [-0.1, -0.05) is 0 Å². The number of nitrogens with zero attached hydrogens (tertiary/aromatic N) is 4. The maximum absolute atomic E-state index is 4.60. The highest BCUT2D eigenvalue weighted by atomic mass is 15.3. The van der Waals surface area contributed by atoms with E-state index in [0.717, 1.165) is 37.1 Å². The van der Waals surface area contributed by atoms with Gasteiger partial charge in [-0.2, -0.15) is 10.2 Å². The smallest absolute Gasteiger partial charge is 0.0828 e. The Hall–Kier alpha value is -1.62. The van der Waals surface area contributed by atoms with Gasteiger partial charge < -0.3 is 5.32 Å². The van der Waals surface area contributed by atoms with Crippen molar-refractivity contribution >= 4 is 0 Å². The standard InChI is InChI=1S/C14H21N5/c1-3-19-14(8-11(2)16-19)10-18-7-6-13(17-18)9-15-12-4-5-12/h6-8,12,15H,3-5,9-10H2,1-2H3. The van der Waals surface area contributed by atoms with Gasteiger partial charge in [0.1, 0.15) is 0 Å². The van der Waals surface area contributed by atoms with E-state index in [-0.39, 0.29) is 0 Å². The molecule has 1 aliphatic carbocycles. The highest BCUT2D eigenvalue weighted by Crippen LogP contribution is 2.19. The van der Waals surface area contributed by atoms with Crippen molar-refractivity contribution in [2.75, 3.05) is 0 Å². The summed E-state index contributed by atoms with van der Waals surface area (Å²) in [6, 6.07) is 4.96. The molecule has 0 unspecified atom stereocenters. The van der Waals surface area contributed by atoms with E-state index in [1.165, 1.54) is 18.5 Å². The highest BCUT2D eigenvalue weighted by molar-refractivity contribution is 5.10. The van der Waals surface area contributed by atoms with Crippen molar-refractivity contribution in [1.82, 2.24) is 24.9 Å². The summed E-state index contributed by atoms with van der Waals surface area (Å²) in [5, 5.41) is 12.5. The summed E-state index contributed by atoms with van der Waals surface area (Å²) >= 11 is 0. The van der Waals surface area contributed by atoms with Gasteiger partial charge >= 0.3 is 0 Å². The van der Waals surface area contributed by atoms with Gasteiger partial charge in [-0.3, -0.25) is 9.36 Å². The quantitative estimate of drug-likeness (QED) is 0.859. The highest BCUT2D eigenvalue weighted by Gasteiger charge is 2.20. The molecule has 2 aromatic rings. The fourth-order valence-electron chi connectivity index (χ4n) is 2.29. The molecule has 0 aromatic carbocycles. The second-order valence-corrected chi connectivity index (χ2v) is 5.25. The zero-order valence-electron chi connectivity index (χ0n) is 11.6. The molecule has 5 nitrogen and oxygen atoms in total. The Balaban J connectivity index is 1.64. The molecule has 0 saturated heterocycles. The van der Waals surface area contributed by atoms with Crippen LogP contribution in [0.2, 0.25) is 0 Å². The minimum Gasteiger partial charge on any atom is -0.308 e. The molecule has 1 fully saturated rings. The molecule has 0 amide bonds. The molecule has 0 bridgehead atoms. The van der Waals surface area contributed by atoms with Crippen LogP contribution in [-0.4, -0.2) is 25.6 Å². The van der Waals surface area contributed by atoms with E-state index in [1.54, 1.807) is 0 Å². The van der Waals surface area contributed by atoms with Gasteiger partial charge in [0.2, 0.25) is 0 Å². The predicted molar refractivity (Wildman–Crippen MR) is 73.8 cm³/mol. The van der Waals surface area contributed by atoms with E-state index in [0.29, 0.717) is 0 Å². The van der Waals surface area contributed by atoms with Gasteiger partial charge in [-0.05, 0) is 38.8 Å². The van der Waals surface area contributed by atoms with Crippen molar-refractivity contribution in [2.24, 2.45) is 0 Å². The number of hydrogen-bond acceptors (Lipinski definition) is 3. The molecule has 0 aliphatic heterocycles. The third-order valence-electron chi connectivity index (χ3n) is 3.45. The van der Waals surface area contributed by atoms with Crippen LogP contribution in [0.1, 0.15) is 36.8 Å². The molecule has 102 valence electrons. The molecule has 0 radical (unpaired) electrons. The second kappa shape index (κ2) is 5.17. The molecule has 1 N–H and O–H groups in total. The van der Waals surface area contributed by atoms with Crippen LogP contribution in [0.3, 0.4) is 0 Å². The fourth-order valence-corrected chi connectivity index (χ4v) is 2.29. The zero-order valence-corrected chi connectivity index (χ0v) is 11.6. The maximum Gasteiger partial charge on any atom is 0.0828 e. The Labute approximate surface area is 113 Å². The summed E-state index contributed by atoms with van der Waals surface area (Å²) in [7, 11) is 0. The molecule has 3 rings (SSSR count). The Morgan fingerprint density at radius 3 is 2.95 bits per heavy atom. The average molecular weight is 259 g/mol. The van der Waals surface area contributed by atoms with Crippen LogP contribution >= 0.6 is 0 Å². The molecule has 0 spiro atoms. The number of hydrogen-bond donors (Lipinski definition) is 1. The lowest BCUT2D eigenvalue weighted by Gasteiger charge is -2.04. The van der Waals surface area contributed by atoms with Gasteiger partial charge in [0, 0.05) is 25.3 Å². The minimum absolute atomic E-state index is 0.731. The van der Waals surface area contributed by atoms with Crippen molar-refractivity contribution in [3.8, 4) is 0 Å². The molecule has 5 heteroatoms. The third-order valence-corrected chi connectivity index (χ3v) is 3.45. The number of nitrogens with one attached hydrogen (secondary N) is 1. The Kier molecular flexibility index (Phi) is 3.38. The van der Waals surface area contributed by atoms with E-state index in [9.17, 15) is 0 Å². The van der Waals surface area contributed by atoms with E-state index in [4.69, 9.17) is 0 Å². The van der Waals surface area contributed by atoms with E-state index >= 15 is 0 Å². The molecule has 1 aliphatic rings. The zero-order chi connectivity index (χ0) is 13.2. The summed E-state index contributed by atoms with van der Waals surface area (Å²) in [5.74, 6) is 0. The Morgan fingerprint density at radius 2 is 2.21 bits per heavy atom. The molecular formula is C14H21N5. The van der Waals surface area contributed by atoms with Crippen molar-refractivity contribution in [2.45, 2.75) is 52.4 Å². The summed E-state index contributed by atoms with van der Waals surface area (Å²) < 4.78 is 4.03. The third kappa shape index (κ3) is 3.04. The summed E-state index contributed by atoms with van der Waals surface area (Å²) in [4.78, 5) is 0. The normalized spacial score (nSPS) is 15.1. The van der Waals surface area contributed by atoms with Crippen LogP contribution in [0.25, 0.3) is 0 Å². The first-order valence-corrected chi connectivity index (χ1v) is 7.03. The van der Waals surface area contributed by atoms with Crippen molar-refractivity contribution < 1.29 is 0 Å². The number of aromatic nitrogens is 4. The summed E-state index contributed by atoms with van der Waals surface area (Å²) in [5.41, 5.74) is 3.40. The molecule has 1 saturated carbocycles. The van der Waals surface area contributed by atoms with Crippen LogP contribution in [0.15, 0.2) is 18.3 Å². The molecule has 2 aromatic heterocycles. The van der Waals surface area contributed by atoms with Crippen LogP contribution in [0.5, 0.6) is 0 Å². The van der Waals surface area contributed by atoms with E-state index in [1.807, 2.05) is 22.5 Å². The summed E-state index contributed by atoms with van der Waals surface area (Å²) in [6.45, 7) is 6.72. The number of aryl methyl sites for hydroxylation is 2. The SMILES string of the molecule is CCn1nc(C)cc1Cn1ccc(CNC2CC2)n1. The van der Waals surface area contributed by atoms with Gasteiger partial charge in [-0.15, -0.1) is 0 Å². The minimum atomic E-state index is 0.731. The van der Waals surface area contributed by atoms with E-state index < -0.39 is 0 Å². The monoisotopic (exact) mass is 259 g/mol. The first-order chi connectivity index (χ1) is 9.24. The lowest BCUT2D eigenvalue weighted by Crippen LogP contribution is -2.16. The maximum atomic E-state index is 4.60. The first-order valence-electron chi connectivity index (χ1n) is 7.03. The molecule has 0 atom stereocenters. The lowest BCUT2D eigenvalue weighted by atomic mass is 10.3. The van der Waals surface area contributed by atoms with E-state index in [2.05, 4.69) is 34.6 Å². The van der Waals surface area contributed by atoms with Gasteiger partial charge in [-0.25, -0.2) is 0 Å². The van der Waals surface area contributed by atoms with Crippen LogP contribution in [0.4, 0.5) is 0 Å². The number of rotatable bonds is 6.